The summed E-state index contributed by atoms with van der Waals surface area (Å²) in [6.07, 6.45) is -9.70. The zero-order chi connectivity index (χ0) is 19.6. The Kier molecular flexibility index (Phi) is 6.45. The van der Waals surface area contributed by atoms with Gasteiger partial charge in [0.15, 0.2) is 0 Å². The van der Waals surface area contributed by atoms with Gasteiger partial charge in [-0.3, -0.25) is 5.32 Å². The van der Waals surface area contributed by atoms with Crippen LogP contribution in [-0.4, -0.2) is 38.0 Å². The van der Waals surface area contributed by atoms with Crippen LogP contribution in [0.3, 0.4) is 0 Å². The Labute approximate surface area is 151 Å². The van der Waals surface area contributed by atoms with Crippen molar-refractivity contribution in [3.05, 3.63) is 34.6 Å². The molecule has 1 aliphatic rings. The van der Waals surface area contributed by atoms with E-state index in [1.807, 2.05) is 0 Å². The number of piperidine rings is 1. The number of hydrogen-bond donors (Lipinski definition) is 2. The van der Waals surface area contributed by atoms with Crippen LogP contribution in [0.4, 0.5) is 30.7 Å². The number of alkyl halides is 6. The van der Waals surface area contributed by atoms with Crippen LogP contribution in [0.15, 0.2) is 18.2 Å². The van der Waals surface area contributed by atoms with Gasteiger partial charge < -0.3 is 5.32 Å². The third-order valence-electron chi connectivity index (χ3n) is 4.61. The Balaban J connectivity index is 2.17. The second kappa shape index (κ2) is 7.90. The summed E-state index contributed by atoms with van der Waals surface area (Å²) >= 11 is 5.66. The third-order valence-corrected chi connectivity index (χ3v) is 4.92. The predicted octanol–water partition coefficient (Wildman–Crippen LogP) is 4.57. The predicted molar refractivity (Wildman–Crippen MR) is 83.7 cm³/mol. The minimum absolute atomic E-state index is 0.0102. The van der Waals surface area contributed by atoms with Gasteiger partial charge in [-0.15, -0.1) is 0 Å². The molecule has 10 heteroatoms. The fourth-order valence-electron chi connectivity index (χ4n) is 3.27. The van der Waals surface area contributed by atoms with Crippen molar-refractivity contribution in [3.8, 4) is 0 Å². The first-order valence-electron chi connectivity index (χ1n) is 7.99. The van der Waals surface area contributed by atoms with Gasteiger partial charge in [0.25, 0.3) is 0 Å². The molecular weight excluding hydrogens is 389 g/mol. The van der Waals surface area contributed by atoms with Crippen molar-refractivity contribution < 1.29 is 30.7 Å². The average Bonchev–Trinajstić information content (AvgIpc) is 2.52. The summed E-state index contributed by atoms with van der Waals surface area (Å²) in [4.78, 5) is 0. The summed E-state index contributed by atoms with van der Waals surface area (Å²) in [5.74, 6) is -0.675. The second-order valence-corrected chi connectivity index (χ2v) is 6.82. The van der Waals surface area contributed by atoms with Crippen LogP contribution in [0, 0.1) is 5.82 Å². The van der Waals surface area contributed by atoms with Gasteiger partial charge >= 0.3 is 12.4 Å². The second-order valence-electron chi connectivity index (χ2n) is 6.41. The normalized spacial score (nSPS) is 22.0. The first kappa shape index (κ1) is 21.2. The lowest BCUT2D eigenvalue weighted by molar-refractivity contribution is -0.258. The van der Waals surface area contributed by atoms with E-state index in [9.17, 15) is 30.7 Å². The van der Waals surface area contributed by atoms with E-state index in [0.29, 0.717) is 31.5 Å². The van der Waals surface area contributed by atoms with Gasteiger partial charge in [-0.2, -0.15) is 26.3 Å². The maximum atomic E-state index is 13.8. The Morgan fingerprint density at radius 1 is 1.15 bits per heavy atom. The number of rotatable bonds is 5. The Hall–Kier alpha value is -1.06. The summed E-state index contributed by atoms with van der Waals surface area (Å²) in [5.41, 5.74) is -0.262. The van der Waals surface area contributed by atoms with Crippen LogP contribution in [0.1, 0.15) is 24.8 Å². The van der Waals surface area contributed by atoms with E-state index in [4.69, 9.17) is 11.6 Å². The summed E-state index contributed by atoms with van der Waals surface area (Å²) in [6, 6.07) is 0.499. The minimum atomic E-state index is -5.44. The SMILES string of the molecule is Fc1cc(C2(CCNC(C(F)(F)F)C(F)(F)F)CCCNC2)ccc1Cl. The summed E-state index contributed by atoms with van der Waals surface area (Å²) in [7, 11) is 0. The zero-order valence-electron chi connectivity index (χ0n) is 13.6. The minimum Gasteiger partial charge on any atom is -0.316 e. The number of hydrogen-bond acceptors (Lipinski definition) is 2. The van der Waals surface area contributed by atoms with E-state index in [-0.39, 0.29) is 11.4 Å². The molecule has 26 heavy (non-hydrogen) atoms. The number of halogens is 8. The lowest BCUT2D eigenvalue weighted by Crippen LogP contribution is -2.54. The van der Waals surface area contributed by atoms with E-state index < -0.39 is 36.2 Å². The molecule has 2 N–H and O–H groups in total. The highest BCUT2D eigenvalue weighted by molar-refractivity contribution is 6.30. The molecule has 0 saturated carbocycles. The Bertz CT molecular complexity index is 596. The molecule has 0 aliphatic carbocycles. The third kappa shape index (κ3) is 5.01. The van der Waals surface area contributed by atoms with Gasteiger partial charge in [0.1, 0.15) is 5.82 Å². The summed E-state index contributed by atoms with van der Waals surface area (Å²) in [5, 5.41) is 4.55. The van der Waals surface area contributed by atoms with Crippen molar-refractivity contribution in [3.63, 3.8) is 0 Å². The van der Waals surface area contributed by atoms with E-state index in [2.05, 4.69) is 5.32 Å². The molecule has 1 saturated heterocycles. The maximum Gasteiger partial charge on any atom is 0.412 e. The van der Waals surface area contributed by atoms with Crippen molar-refractivity contribution in [2.75, 3.05) is 19.6 Å². The highest BCUT2D eigenvalue weighted by atomic mass is 35.5. The molecule has 1 atom stereocenters. The molecule has 2 rings (SSSR count). The molecular formula is C16H18ClF7N2. The molecule has 1 unspecified atom stereocenters. The standard InChI is InChI=1S/C16H18ClF7N2/c17-11-3-2-10(8-12(11)18)14(4-1-6-25-9-14)5-7-26-13(15(19,20)21)16(22,23)24/h2-3,8,13,25-26H,1,4-7,9H2. The molecule has 0 spiro atoms. The molecule has 0 aromatic heterocycles. The Morgan fingerprint density at radius 3 is 2.31 bits per heavy atom. The summed E-state index contributed by atoms with van der Waals surface area (Å²) < 4.78 is 89.6. The molecule has 1 fully saturated rings. The van der Waals surface area contributed by atoms with Crippen molar-refractivity contribution in [1.29, 1.82) is 0 Å². The van der Waals surface area contributed by atoms with Crippen molar-refractivity contribution in [2.45, 2.75) is 43.1 Å². The Morgan fingerprint density at radius 2 is 1.81 bits per heavy atom. The first-order valence-corrected chi connectivity index (χ1v) is 8.37. The van der Waals surface area contributed by atoms with E-state index >= 15 is 0 Å². The molecule has 0 bridgehead atoms. The van der Waals surface area contributed by atoms with Crippen molar-refractivity contribution in [1.82, 2.24) is 10.6 Å². The van der Waals surface area contributed by atoms with E-state index in [1.165, 1.54) is 12.1 Å². The van der Waals surface area contributed by atoms with Crippen molar-refractivity contribution >= 4 is 11.6 Å². The molecule has 0 amide bonds. The van der Waals surface area contributed by atoms with E-state index in [1.54, 1.807) is 11.4 Å². The van der Waals surface area contributed by atoms with Gasteiger partial charge in [0.05, 0.1) is 5.02 Å². The van der Waals surface area contributed by atoms with Gasteiger partial charge in [-0.1, -0.05) is 17.7 Å². The first-order chi connectivity index (χ1) is 12.0. The van der Waals surface area contributed by atoms with Crippen LogP contribution in [0.25, 0.3) is 0 Å². The number of benzene rings is 1. The van der Waals surface area contributed by atoms with Gasteiger partial charge in [0.2, 0.25) is 6.04 Å². The molecule has 148 valence electrons. The van der Waals surface area contributed by atoms with E-state index in [0.717, 1.165) is 0 Å². The summed E-state index contributed by atoms with van der Waals surface area (Å²) in [6.45, 7) is 0.493. The van der Waals surface area contributed by atoms with Crippen LogP contribution in [0.5, 0.6) is 0 Å². The van der Waals surface area contributed by atoms with Crippen LogP contribution in [-0.2, 0) is 5.41 Å². The lowest BCUT2D eigenvalue weighted by Gasteiger charge is -2.39. The highest BCUT2D eigenvalue weighted by Gasteiger charge is 2.56. The fraction of sp³-hybridized carbons (Fsp3) is 0.625. The quantitative estimate of drug-likeness (QED) is 0.700. The van der Waals surface area contributed by atoms with Gasteiger partial charge in [-0.25, -0.2) is 4.39 Å². The van der Waals surface area contributed by atoms with Gasteiger partial charge in [0, 0.05) is 12.0 Å². The highest BCUT2D eigenvalue weighted by Crippen LogP contribution is 2.37. The van der Waals surface area contributed by atoms with Crippen LogP contribution < -0.4 is 10.6 Å². The largest absolute Gasteiger partial charge is 0.412 e. The average molecular weight is 407 g/mol. The van der Waals surface area contributed by atoms with Crippen LogP contribution in [0.2, 0.25) is 5.02 Å². The molecule has 2 nitrogen and oxygen atoms in total. The molecule has 1 heterocycles. The number of nitrogens with one attached hydrogen (secondary N) is 2. The fourth-order valence-corrected chi connectivity index (χ4v) is 3.39. The lowest BCUT2D eigenvalue weighted by atomic mass is 9.72. The topological polar surface area (TPSA) is 24.1 Å². The van der Waals surface area contributed by atoms with Crippen LogP contribution >= 0.6 is 11.6 Å². The molecule has 1 aliphatic heterocycles. The molecule has 1 aromatic carbocycles. The smallest absolute Gasteiger partial charge is 0.316 e. The monoisotopic (exact) mass is 406 g/mol. The van der Waals surface area contributed by atoms with Gasteiger partial charge in [-0.05, 0) is 50.0 Å². The van der Waals surface area contributed by atoms with Crippen molar-refractivity contribution in [2.24, 2.45) is 0 Å². The molecule has 0 radical (unpaired) electrons. The zero-order valence-corrected chi connectivity index (χ0v) is 14.3. The maximum absolute atomic E-state index is 13.8. The molecule has 1 aromatic rings.